The molecule has 0 atom stereocenters. The second-order valence-electron chi connectivity index (χ2n) is 2.08. The molecule has 54 valence electrons. The summed E-state index contributed by atoms with van der Waals surface area (Å²) in [5, 5.41) is 12.8. The minimum Gasteiger partial charge on any atom is -0.493 e. The molecular weight excluding hydrogens is 132 g/mol. The van der Waals surface area contributed by atoms with E-state index >= 15 is 0 Å². The van der Waals surface area contributed by atoms with Crippen LogP contribution in [0.3, 0.4) is 0 Å². The SMILES string of the molecule is Cc1c(C=O)nn(C)c1O. The summed E-state index contributed by atoms with van der Waals surface area (Å²) in [6.45, 7) is 1.64. The molecule has 4 heteroatoms. The predicted octanol–water partition coefficient (Wildman–Crippen LogP) is 0.247. The zero-order chi connectivity index (χ0) is 7.72. The molecular formula is C6H8N2O2. The van der Waals surface area contributed by atoms with E-state index in [2.05, 4.69) is 5.10 Å². The van der Waals surface area contributed by atoms with Crippen molar-refractivity contribution < 1.29 is 9.90 Å². The van der Waals surface area contributed by atoms with E-state index in [1.165, 1.54) is 4.68 Å². The van der Waals surface area contributed by atoms with Crippen LogP contribution in [0.15, 0.2) is 0 Å². The summed E-state index contributed by atoms with van der Waals surface area (Å²) in [6.07, 6.45) is 0.620. The van der Waals surface area contributed by atoms with Gasteiger partial charge in [0.15, 0.2) is 6.29 Å². The van der Waals surface area contributed by atoms with Crippen LogP contribution in [0.1, 0.15) is 16.1 Å². The Morgan fingerprint density at radius 2 is 2.30 bits per heavy atom. The lowest BCUT2D eigenvalue weighted by molar-refractivity contribution is 0.111. The first-order valence-corrected chi connectivity index (χ1v) is 2.84. The maximum Gasteiger partial charge on any atom is 0.212 e. The molecule has 0 radical (unpaired) electrons. The Hall–Kier alpha value is -1.32. The van der Waals surface area contributed by atoms with Gasteiger partial charge in [-0.25, -0.2) is 4.68 Å². The molecule has 1 aromatic rings. The van der Waals surface area contributed by atoms with Crippen LogP contribution in [-0.2, 0) is 7.05 Å². The van der Waals surface area contributed by atoms with Crippen molar-refractivity contribution in [1.82, 2.24) is 9.78 Å². The summed E-state index contributed by atoms with van der Waals surface area (Å²) in [4.78, 5) is 10.2. The topological polar surface area (TPSA) is 55.1 Å². The molecule has 0 aliphatic carbocycles. The van der Waals surface area contributed by atoms with Gasteiger partial charge in [-0.15, -0.1) is 0 Å². The van der Waals surface area contributed by atoms with Crippen molar-refractivity contribution in [3.63, 3.8) is 0 Å². The van der Waals surface area contributed by atoms with Crippen LogP contribution in [-0.4, -0.2) is 21.2 Å². The Morgan fingerprint density at radius 1 is 1.70 bits per heavy atom. The van der Waals surface area contributed by atoms with E-state index in [0.717, 1.165) is 0 Å². The second kappa shape index (κ2) is 2.13. The average molecular weight is 140 g/mol. The summed E-state index contributed by atoms with van der Waals surface area (Å²) in [5.74, 6) is 0.0436. The lowest BCUT2D eigenvalue weighted by atomic mass is 10.3. The van der Waals surface area contributed by atoms with E-state index in [4.69, 9.17) is 5.11 Å². The molecule has 0 aliphatic heterocycles. The molecule has 4 nitrogen and oxygen atoms in total. The highest BCUT2D eigenvalue weighted by atomic mass is 16.3. The fraction of sp³-hybridized carbons (Fsp3) is 0.333. The van der Waals surface area contributed by atoms with Crippen molar-refractivity contribution in [2.75, 3.05) is 0 Å². The van der Waals surface area contributed by atoms with E-state index in [0.29, 0.717) is 17.5 Å². The molecule has 0 saturated heterocycles. The lowest BCUT2D eigenvalue weighted by Crippen LogP contribution is -1.89. The van der Waals surface area contributed by atoms with Crippen LogP contribution in [0.5, 0.6) is 5.88 Å². The first-order chi connectivity index (χ1) is 4.66. The standard InChI is InChI=1S/C6H8N2O2/c1-4-5(3-9)7-8(2)6(4)10/h3,10H,1-2H3. The summed E-state index contributed by atoms with van der Waals surface area (Å²) >= 11 is 0. The molecule has 0 saturated carbocycles. The van der Waals surface area contributed by atoms with Gasteiger partial charge in [0.1, 0.15) is 5.69 Å². The Morgan fingerprint density at radius 3 is 2.50 bits per heavy atom. The van der Waals surface area contributed by atoms with Crippen molar-refractivity contribution >= 4 is 6.29 Å². The van der Waals surface area contributed by atoms with Crippen LogP contribution in [0, 0.1) is 6.92 Å². The van der Waals surface area contributed by atoms with Crippen molar-refractivity contribution in [2.24, 2.45) is 7.05 Å². The Kier molecular flexibility index (Phi) is 1.45. The predicted molar refractivity (Wildman–Crippen MR) is 35.0 cm³/mol. The van der Waals surface area contributed by atoms with Gasteiger partial charge in [0.05, 0.1) is 0 Å². The van der Waals surface area contributed by atoms with Gasteiger partial charge in [0, 0.05) is 12.6 Å². The molecule has 1 rings (SSSR count). The monoisotopic (exact) mass is 140 g/mol. The summed E-state index contributed by atoms with van der Waals surface area (Å²) < 4.78 is 1.26. The number of carbonyl (C=O) groups is 1. The van der Waals surface area contributed by atoms with Gasteiger partial charge in [-0.2, -0.15) is 5.10 Å². The molecule has 10 heavy (non-hydrogen) atoms. The molecule has 0 bridgehead atoms. The van der Waals surface area contributed by atoms with Crippen molar-refractivity contribution in [3.05, 3.63) is 11.3 Å². The maximum atomic E-state index is 10.2. The van der Waals surface area contributed by atoms with Gasteiger partial charge in [-0.3, -0.25) is 4.79 Å². The van der Waals surface area contributed by atoms with E-state index in [1.54, 1.807) is 14.0 Å². The number of hydrogen-bond acceptors (Lipinski definition) is 3. The van der Waals surface area contributed by atoms with Crippen LogP contribution in [0.2, 0.25) is 0 Å². The quantitative estimate of drug-likeness (QED) is 0.569. The number of aldehydes is 1. The highest BCUT2D eigenvalue weighted by Crippen LogP contribution is 2.16. The number of aromatic hydroxyl groups is 1. The van der Waals surface area contributed by atoms with Gasteiger partial charge in [0.2, 0.25) is 5.88 Å². The first-order valence-electron chi connectivity index (χ1n) is 2.84. The fourth-order valence-corrected chi connectivity index (χ4v) is 0.753. The number of carbonyl (C=O) groups excluding carboxylic acids is 1. The molecule has 1 heterocycles. The molecule has 1 aromatic heterocycles. The third-order valence-electron chi connectivity index (χ3n) is 1.40. The third kappa shape index (κ3) is 0.775. The summed E-state index contributed by atoms with van der Waals surface area (Å²) in [6, 6.07) is 0. The van der Waals surface area contributed by atoms with Gasteiger partial charge in [-0.1, -0.05) is 0 Å². The Bertz CT molecular complexity index is 265. The Labute approximate surface area is 58.1 Å². The van der Waals surface area contributed by atoms with Gasteiger partial charge < -0.3 is 5.11 Å². The molecule has 0 aromatic carbocycles. The number of aromatic nitrogens is 2. The normalized spacial score (nSPS) is 9.80. The minimum absolute atomic E-state index is 0.0436. The molecule has 0 fully saturated rings. The van der Waals surface area contributed by atoms with Crippen LogP contribution in [0.25, 0.3) is 0 Å². The van der Waals surface area contributed by atoms with Gasteiger partial charge in [-0.05, 0) is 6.92 Å². The third-order valence-corrected chi connectivity index (χ3v) is 1.40. The summed E-state index contributed by atoms with van der Waals surface area (Å²) in [7, 11) is 1.58. The zero-order valence-corrected chi connectivity index (χ0v) is 5.83. The fourth-order valence-electron chi connectivity index (χ4n) is 0.753. The van der Waals surface area contributed by atoms with Crippen LogP contribution in [0.4, 0.5) is 0 Å². The van der Waals surface area contributed by atoms with Gasteiger partial charge in [0.25, 0.3) is 0 Å². The van der Waals surface area contributed by atoms with E-state index in [9.17, 15) is 4.79 Å². The summed E-state index contributed by atoms with van der Waals surface area (Å²) in [5.41, 5.74) is 0.817. The highest BCUT2D eigenvalue weighted by molar-refractivity contribution is 5.75. The number of aryl methyl sites for hydroxylation is 1. The highest BCUT2D eigenvalue weighted by Gasteiger charge is 2.08. The smallest absolute Gasteiger partial charge is 0.212 e. The van der Waals surface area contributed by atoms with Crippen molar-refractivity contribution in [1.29, 1.82) is 0 Å². The minimum atomic E-state index is 0.0436. The molecule has 0 spiro atoms. The van der Waals surface area contributed by atoms with Crippen LogP contribution < -0.4 is 0 Å². The Balaban J connectivity index is 3.30. The molecule has 0 unspecified atom stereocenters. The second-order valence-corrected chi connectivity index (χ2v) is 2.08. The molecule has 0 aliphatic rings. The maximum absolute atomic E-state index is 10.2. The zero-order valence-electron chi connectivity index (χ0n) is 5.83. The molecule has 1 N–H and O–H groups in total. The van der Waals surface area contributed by atoms with E-state index in [-0.39, 0.29) is 5.88 Å². The number of hydrogen-bond donors (Lipinski definition) is 1. The lowest BCUT2D eigenvalue weighted by Gasteiger charge is -1.89. The van der Waals surface area contributed by atoms with Crippen molar-refractivity contribution in [3.8, 4) is 5.88 Å². The van der Waals surface area contributed by atoms with E-state index < -0.39 is 0 Å². The first kappa shape index (κ1) is 6.80. The molecule has 0 amide bonds. The average Bonchev–Trinajstić information content (AvgIpc) is 2.17. The largest absolute Gasteiger partial charge is 0.493 e. The van der Waals surface area contributed by atoms with Crippen molar-refractivity contribution in [2.45, 2.75) is 6.92 Å². The van der Waals surface area contributed by atoms with E-state index in [1.807, 2.05) is 0 Å². The van der Waals surface area contributed by atoms with Gasteiger partial charge >= 0.3 is 0 Å². The number of rotatable bonds is 1. The number of nitrogens with zero attached hydrogens (tertiary/aromatic N) is 2. The van der Waals surface area contributed by atoms with Crippen LogP contribution >= 0.6 is 0 Å².